The normalized spacial score (nSPS) is 28.2. The number of unbranched alkanes of at least 4 members (excludes halogenated alkanes) is 3. The molecule has 0 aromatic carbocycles. The van der Waals surface area contributed by atoms with Crippen LogP contribution in [0.4, 0.5) is 0 Å². The van der Waals surface area contributed by atoms with E-state index < -0.39 is 5.97 Å². The number of hydrogen-bond donors (Lipinski definition) is 1. The molecular formula is C16H30O2. The SMILES string of the molecule is CCCCCC1CC[C@@H](C(=O)O)CC1CCCC. The number of hydrogen-bond acceptors (Lipinski definition) is 1. The molecule has 3 atom stereocenters. The van der Waals surface area contributed by atoms with Gasteiger partial charge in [-0.1, -0.05) is 58.8 Å². The Labute approximate surface area is 112 Å². The lowest BCUT2D eigenvalue weighted by Crippen LogP contribution is -2.29. The Morgan fingerprint density at radius 2 is 1.67 bits per heavy atom. The minimum absolute atomic E-state index is 0.0609. The van der Waals surface area contributed by atoms with E-state index in [4.69, 9.17) is 0 Å². The number of carboxylic acids is 1. The first kappa shape index (κ1) is 15.5. The minimum atomic E-state index is -0.566. The molecule has 0 aromatic heterocycles. The van der Waals surface area contributed by atoms with E-state index in [1.54, 1.807) is 0 Å². The predicted octanol–water partition coefficient (Wildman–Crippen LogP) is 4.87. The highest BCUT2D eigenvalue weighted by Gasteiger charge is 2.32. The van der Waals surface area contributed by atoms with Gasteiger partial charge in [0.05, 0.1) is 5.92 Å². The third kappa shape index (κ3) is 4.99. The lowest BCUT2D eigenvalue weighted by Gasteiger charge is -2.35. The van der Waals surface area contributed by atoms with Gasteiger partial charge in [0, 0.05) is 0 Å². The molecule has 0 saturated heterocycles. The molecule has 0 spiro atoms. The van der Waals surface area contributed by atoms with Gasteiger partial charge in [0.25, 0.3) is 0 Å². The first-order valence-electron chi connectivity index (χ1n) is 7.91. The van der Waals surface area contributed by atoms with Crippen LogP contribution in [-0.2, 0) is 4.79 Å². The van der Waals surface area contributed by atoms with Gasteiger partial charge in [0.15, 0.2) is 0 Å². The van der Waals surface area contributed by atoms with E-state index in [0.717, 1.165) is 25.2 Å². The van der Waals surface area contributed by atoms with Gasteiger partial charge in [-0.05, 0) is 31.1 Å². The number of carbonyl (C=O) groups is 1. The fourth-order valence-corrected chi connectivity index (χ4v) is 3.41. The molecule has 2 heteroatoms. The molecule has 0 aliphatic heterocycles. The van der Waals surface area contributed by atoms with Crippen molar-refractivity contribution in [1.29, 1.82) is 0 Å². The summed E-state index contributed by atoms with van der Waals surface area (Å²) in [5.41, 5.74) is 0. The second-order valence-corrected chi connectivity index (χ2v) is 6.01. The Hall–Kier alpha value is -0.530. The Kier molecular flexibility index (Phi) is 7.38. The number of aliphatic carboxylic acids is 1. The number of rotatable bonds is 8. The molecule has 0 amide bonds. The molecule has 1 fully saturated rings. The Morgan fingerprint density at radius 1 is 1.00 bits per heavy atom. The first-order valence-corrected chi connectivity index (χ1v) is 7.91. The predicted molar refractivity (Wildman–Crippen MR) is 75.6 cm³/mol. The molecule has 1 rings (SSSR count). The van der Waals surface area contributed by atoms with Crippen molar-refractivity contribution in [2.75, 3.05) is 0 Å². The Balaban J connectivity index is 2.45. The van der Waals surface area contributed by atoms with Crippen LogP contribution in [0.3, 0.4) is 0 Å². The van der Waals surface area contributed by atoms with E-state index >= 15 is 0 Å². The van der Waals surface area contributed by atoms with Gasteiger partial charge >= 0.3 is 5.97 Å². The molecule has 106 valence electrons. The van der Waals surface area contributed by atoms with Crippen molar-refractivity contribution in [3.8, 4) is 0 Å². The summed E-state index contributed by atoms with van der Waals surface area (Å²) in [5, 5.41) is 9.18. The molecule has 1 aliphatic rings. The molecule has 0 radical (unpaired) electrons. The fourth-order valence-electron chi connectivity index (χ4n) is 3.41. The van der Waals surface area contributed by atoms with Crippen molar-refractivity contribution in [3.63, 3.8) is 0 Å². The van der Waals surface area contributed by atoms with Crippen LogP contribution in [0.15, 0.2) is 0 Å². The van der Waals surface area contributed by atoms with E-state index in [0.29, 0.717) is 5.92 Å². The van der Waals surface area contributed by atoms with Crippen LogP contribution in [0.1, 0.15) is 78.1 Å². The molecule has 1 aliphatic carbocycles. The zero-order valence-corrected chi connectivity index (χ0v) is 12.2. The maximum atomic E-state index is 11.1. The monoisotopic (exact) mass is 254 g/mol. The largest absolute Gasteiger partial charge is 0.481 e. The number of carboxylic acid groups (broad SMARTS) is 1. The topological polar surface area (TPSA) is 37.3 Å². The van der Waals surface area contributed by atoms with E-state index in [1.165, 1.54) is 44.9 Å². The van der Waals surface area contributed by atoms with Gasteiger partial charge in [-0.2, -0.15) is 0 Å². The third-order valence-corrected chi connectivity index (χ3v) is 4.60. The summed E-state index contributed by atoms with van der Waals surface area (Å²) in [6, 6.07) is 0. The van der Waals surface area contributed by atoms with Gasteiger partial charge in [-0.25, -0.2) is 0 Å². The fraction of sp³-hybridized carbons (Fsp3) is 0.938. The molecule has 0 heterocycles. The summed E-state index contributed by atoms with van der Waals surface area (Å²) < 4.78 is 0. The molecule has 2 nitrogen and oxygen atoms in total. The van der Waals surface area contributed by atoms with Crippen molar-refractivity contribution in [1.82, 2.24) is 0 Å². The lowest BCUT2D eigenvalue weighted by molar-refractivity contribution is -0.144. The third-order valence-electron chi connectivity index (χ3n) is 4.60. The van der Waals surface area contributed by atoms with Crippen LogP contribution in [0.2, 0.25) is 0 Å². The summed E-state index contributed by atoms with van der Waals surface area (Å²) in [7, 11) is 0. The van der Waals surface area contributed by atoms with Crippen molar-refractivity contribution >= 4 is 5.97 Å². The van der Waals surface area contributed by atoms with Crippen LogP contribution < -0.4 is 0 Å². The van der Waals surface area contributed by atoms with Crippen molar-refractivity contribution < 1.29 is 9.90 Å². The van der Waals surface area contributed by atoms with Gasteiger partial charge < -0.3 is 5.11 Å². The zero-order valence-electron chi connectivity index (χ0n) is 12.2. The maximum Gasteiger partial charge on any atom is 0.306 e. The zero-order chi connectivity index (χ0) is 13.4. The maximum absolute atomic E-state index is 11.1. The summed E-state index contributed by atoms with van der Waals surface area (Å²) in [6.07, 6.45) is 12.0. The van der Waals surface area contributed by atoms with Crippen LogP contribution in [0, 0.1) is 17.8 Å². The molecule has 1 saturated carbocycles. The van der Waals surface area contributed by atoms with Crippen LogP contribution in [0.5, 0.6) is 0 Å². The lowest BCUT2D eigenvalue weighted by atomic mass is 9.70. The summed E-state index contributed by atoms with van der Waals surface area (Å²) >= 11 is 0. The van der Waals surface area contributed by atoms with Gasteiger partial charge in [0.1, 0.15) is 0 Å². The van der Waals surface area contributed by atoms with E-state index in [1.807, 2.05) is 0 Å². The highest BCUT2D eigenvalue weighted by atomic mass is 16.4. The van der Waals surface area contributed by atoms with Crippen molar-refractivity contribution in [3.05, 3.63) is 0 Å². The molecule has 1 N–H and O–H groups in total. The average Bonchev–Trinajstić information content (AvgIpc) is 2.37. The van der Waals surface area contributed by atoms with E-state index in [2.05, 4.69) is 13.8 Å². The van der Waals surface area contributed by atoms with Gasteiger partial charge in [-0.3, -0.25) is 4.79 Å². The minimum Gasteiger partial charge on any atom is -0.481 e. The van der Waals surface area contributed by atoms with E-state index in [-0.39, 0.29) is 5.92 Å². The first-order chi connectivity index (χ1) is 8.69. The molecule has 2 unspecified atom stereocenters. The Bertz CT molecular complexity index is 237. The quantitative estimate of drug-likeness (QED) is 0.627. The van der Waals surface area contributed by atoms with Crippen LogP contribution in [0.25, 0.3) is 0 Å². The van der Waals surface area contributed by atoms with Crippen molar-refractivity contribution in [2.24, 2.45) is 17.8 Å². The molecule has 18 heavy (non-hydrogen) atoms. The van der Waals surface area contributed by atoms with Crippen molar-refractivity contribution in [2.45, 2.75) is 78.1 Å². The smallest absolute Gasteiger partial charge is 0.306 e. The van der Waals surface area contributed by atoms with E-state index in [9.17, 15) is 9.90 Å². The second-order valence-electron chi connectivity index (χ2n) is 6.01. The van der Waals surface area contributed by atoms with Gasteiger partial charge in [-0.15, -0.1) is 0 Å². The Morgan fingerprint density at radius 3 is 2.28 bits per heavy atom. The molecular weight excluding hydrogens is 224 g/mol. The standard InChI is InChI=1S/C16H30O2/c1-3-5-7-9-13-10-11-15(16(17)18)12-14(13)8-6-4-2/h13-15H,3-12H2,1-2H3,(H,17,18)/t13?,14?,15-/m1/s1. The van der Waals surface area contributed by atoms with Crippen LogP contribution >= 0.6 is 0 Å². The summed E-state index contributed by atoms with van der Waals surface area (Å²) in [4.78, 5) is 11.1. The summed E-state index contributed by atoms with van der Waals surface area (Å²) in [5.74, 6) is 0.855. The highest BCUT2D eigenvalue weighted by molar-refractivity contribution is 5.70. The van der Waals surface area contributed by atoms with Gasteiger partial charge in [0.2, 0.25) is 0 Å². The highest BCUT2D eigenvalue weighted by Crippen LogP contribution is 2.39. The molecule has 0 aromatic rings. The van der Waals surface area contributed by atoms with Crippen LogP contribution in [-0.4, -0.2) is 11.1 Å². The average molecular weight is 254 g/mol. The molecule has 0 bridgehead atoms. The summed E-state index contributed by atoms with van der Waals surface area (Å²) in [6.45, 7) is 4.47. The second kappa shape index (κ2) is 8.55.